The molecule has 0 aliphatic carbocycles. The molecule has 2 nitrogen and oxygen atoms in total. The minimum Gasteiger partial charge on any atom is -0.454 e. The fourth-order valence-electron chi connectivity index (χ4n) is 1.53. The highest BCUT2D eigenvalue weighted by Gasteiger charge is 2.10. The zero-order valence-electron chi connectivity index (χ0n) is 9.91. The summed E-state index contributed by atoms with van der Waals surface area (Å²) in [6, 6.07) is 9.34. The lowest BCUT2D eigenvalue weighted by molar-refractivity contribution is 0.101. The Morgan fingerprint density at radius 1 is 1.32 bits per heavy atom. The highest BCUT2D eigenvalue weighted by Crippen LogP contribution is 2.31. The molecule has 0 radical (unpaired) electrons. The molecular weight excluding hydrogens is 335 g/mol. The third kappa shape index (κ3) is 3.14. The summed E-state index contributed by atoms with van der Waals surface area (Å²) in [5.41, 5.74) is 0.541. The number of ether oxygens (including phenoxy) is 1. The number of carbonyl (C=O) groups is 1. The molecule has 2 rings (SSSR count). The van der Waals surface area contributed by atoms with Crippen molar-refractivity contribution in [1.82, 2.24) is 0 Å². The molecule has 0 aliphatic heterocycles. The van der Waals surface area contributed by atoms with Crippen LogP contribution in [0, 0.1) is 5.82 Å². The fraction of sp³-hybridized carbons (Fsp3) is 0.0714. The van der Waals surface area contributed by atoms with Crippen molar-refractivity contribution in [2.45, 2.75) is 6.92 Å². The van der Waals surface area contributed by atoms with Crippen molar-refractivity contribution in [3.63, 3.8) is 0 Å². The van der Waals surface area contributed by atoms with Crippen LogP contribution in [-0.2, 0) is 0 Å². The maximum atomic E-state index is 13.7. The van der Waals surface area contributed by atoms with E-state index < -0.39 is 5.82 Å². The van der Waals surface area contributed by atoms with Gasteiger partial charge in [-0.2, -0.15) is 0 Å². The molecular formula is C14H9BrClFO2. The number of ketones is 1. The molecule has 0 N–H and O–H groups in total. The average molecular weight is 344 g/mol. The molecule has 19 heavy (non-hydrogen) atoms. The van der Waals surface area contributed by atoms with Gasteiger partial charge < -0.3 is 4.74 Å². The minimum atomic E-state index is -0.615. The first-order chi connectivity index (χ1) is 8.99. The second kappa shape index (κ2) is 5.72. The molecule has 98 valence electrons. The Hall–Kier alpha value is -1.39. The number of hydrogen-bond donors (Lipinski definition) is 0. The van der Waals surface area contributed by atoms with Gasteiger partial charge in [-0.1, -0.05) is 17.7 Å². The van der Waals surface area contributed by atoms with Gasteiger partial charge in [0.15, 0.2) is 17.3 Å². The number of halogens is 3. The van der Waals surface area contributed by atoms with Gasteiger partial charge >= 0.3 is 0 Å². The lowest BCUT2D eigenvalue weighted by Gasteiger charge is -2.09. The largest absolute Gasteiger partial charge is 0.454 e. The van der Waals surface area contributed by atoms with Crippen LogP contribution in [0.2, 0.25) is 5.02 Å². The number of Topliss-reactive ketones (excluding diaryl/α,β-unsaturated/α-hetero) is 1. The van der Waals surface area contributed by atoms with Gasteiger partial charge in [0, 0.05) is 10.0 Å². The summed E-state index contributed by atoms with van der Waals surface area (Å²) in [7, 11) is 0. The Morgan fingerprint density at radius 3 is 2.68 bits per heavy atom. The highest BCUT2D eigenvalue weighted by molar-refractivity contribution is 9.10. The molecule has 0 spiro atoms. The van der Waals surface area contributed by atoms with E-state index in [1.807, 2.05) is 0 Å². The van der Waals surface area contributed by atoms with Gasteiger partial charge in [0.05, 0.1) is 5.02 Å². The summed E-state index contributed by atoms with van der Waals surface area (Å²) in [4.78, 5) is 11.3. The van der Waals surface area contributed by atoms with Crippen LogP contribution in [0.4, 0.5) is 4.39 Å². The summed E-state index contributed by atoms with van der Waals surface area (Å²) < 4.78 is 19.7. The second-order valence-corrected chi connectivity index (χ2v) is 5.11. The van der Waals surface area contributed by atoms with Crippen molar-refractivity contribution in [3.05, 3.63) is 57.3 Å². The third-order valence-corrected chi connectivity index (χ3v) is 3.41. The first-order valence-corrected chi connectivity index (χ1v) is 6.58. The lowest BCUT2D eigenvalue weighted by Crippen LogP contribution is -1.95. The molecule has 0 fully saturated rings. The van der Waals surface area contributed by atoms with E-state index in [9.17, 15) is 9.18 Å². The van der Waals surface area contributed by atoms with Crippen molar-refractivity contribution in [3.8, 4) is 11.5 Å². The fourth-order valence-corrected chi connectivity index (χ4v) is 2.34. The van der Waals surface area contributed by atoms with Crippen LogP contribution in [0.25, 0.3) is 0 Å². The van der Waals surface area contributed by atoms with Gasteiger partial charge in [0.25, 0.3) is 0 Å². The maximum Gasteiger partial charge on any atom is 0.184 e. The lowest BCUT2D eigenvalue weighted by atomic mass is 10.1. The van der Waals surface area contributed by atoms with E-state index in [2.05, 4.69) is 15.9 Å². The van der Waals surface area contributed by atoms with E-state index in [0.29, 0.717) is 15.8 Å². The summed E-state index contributed by atoms with van der Waals surface area (Å²) in [5, 5.41) is -0.00285. The normalized spacial score (nSPS) is 10.3. The van der Waals surface area contributed by atoms with Gasteiger partial charge in [0.2, 0.25) is 0 Å². The van der Waals surface area contributed by atoms with Crippen molar-refractivity contribution < 1.29 is 13.9 Å². The van der Waals surface area contributed by atoms with Crippen molar-refractivity contribution in [1.29, 1.82) is 0 Å². The summed E-state index contributed by atoms with van der Waals surface area (Å²) in [5.74, 6) is -0.226. The maximum absolute atomic E-state index is 13.7. The molecule has 5 heteroatoms. The average Bonchev–Trinajstić information content (AvgIpc) is 2.34. The van der Waals surface area contributed by atoms with Gasteiger partial charge in [-0.05, 0) is 53.2 Å². The SMILES string of the molecule is CC(=O)c1ccc(Oc2cccc(Cl)c2F)cc1Br. The van der Waals surface area contributed by atoms with Crippen LogP contribution in [0.3, 0.4) is 0 Å². The molecule has 0 amide bonds. The van der Waals surface area contributed by atoms with Crippen LogP contribution in [-0.4, -0.2) is 5.78 Å². The Labute approximate surface area is 123 Å². The minimum absolute atomic E-state index is 0.00285. The zero-order valence-corrected chi connectivity index (χ0v) is 12.3. The quantitative estimate of drug-likeness (QED) is 0.713. The van der Waals surface area contributed by atoms with Gasteiger partial charge in [0.1, 0.15) is 5.75 Å². The number of hydrogen-bond acceptors (Lipinski definition) is 2. The molecule has 0 saturated heterocycles. The van der Waals surface area contributed by atoms with Crippen molar-refractivity contribution in [2.75, 3.05) is 0 Å². The standard InChI is InChI=1S/C14H9BrClFO2/c1-8(18)10-6-5-9(7-11(10)15)19-13-4-2-3-12(16)14(13)17/h2-7H,1H3. The molecule has 0 aliphatic rings. The van der Waals surface area contributed by atoms with Crippen molar-refractivity contribution in [2.24, 2.45) is 0 Å². The van der Waals surface area contributed by atoms with Crippen LogP contribution in [0.5, 0.6) is 11.5 Å². The highest BCUT2D eigenvalue weighted by atomic mass is 79.9. The van der Waals surface area contributed by atoms with Gasteiger partial charge in [-0.25, -0.2) is 4.39 Å². The van der Waals surface area contributed by atoms with E-state index in [1.165, 1.54) is 19.1 Å². The van der Waals surface area contributed by atoms with E-state index in [1.54, 1.807) is 24.3 Å². The zero-order chi connectivity index (χ0) is 14.0. The molecule has 0 aromatic heterocycles. The van der Waals surface area contributed by atoms with Crippen LogP contribution in [0.1, 0.15) is 17.3 Å². The third-order valence-electron chi connectivity index (χ3n) is 2.46. The first kappa shape index (κ1) is 14.0. The monoisotopic (exact) mass is 342 g/mol. The van der Waals surface area contributed by atoms with E-state index in [0.717, 1.165) is 0 Å². The molecule has 0 atom stereocenters. The molecule has 0 unspecified atom stereocenters. The number of benzene rings is 2. The van der Waals surface area contributed by atoms with E-state index in [-0.39, 0.29) is 16.6 Å². The van der Waals surface area contributed by atoms with Crippen LogP contribution >= 0.6 is 27.5 Å². The Morgan fingerprint density at radius 2 is 2.05 bits per heavy atom. The Kier molecular flexibility index (Phi) is 4.22. The Balaban J connectivity index is 2.32. The Bertz CT molecular complexity index is 643. The second-order valence-electron chi connectivity index (χ2n) is 3.85. The smallest absolute Gasteiger partial charge is 0.184 e. The van der Waals surface area contributed by atoms with Crippen molar-refractivity contribution >= 4 is 33.3 Å². The topological polar surface area (TPSA) is 26.3 Å². The van der Waals surface area contributed by atoms with E-state index in [4.69, 9.17) is 16.3 Å². The van der Waals surface area contributed by atoms with Gasteiger partial charge in [-0.15, -0.1) is 0 Å². The molecule has 2 aromatic rings. The molecule has 0 bridgehead atoms. The molecule has 0 heterocycles. The number of rotatable bonds is 3. The summed E-state index contributed by atoms with van der Waals surface area (Å²) >= 11 is 8.94. The first-order valence-electron chi connectivity index (χ1n) is 5.41. The molecule has 2 aromatic carbocycles. The predicted molar refractivity (Wildman–Crippen MR) is 75.6 cm³/mol. The van der Waals surface area contributed by atoms with Gasteiger partial charge in [-0.3, -0.25) is 4.79 Å². The van der Waals surface area contributed by atoms with Crippen LogP contribution in [0.15, 0.2) is 40.9 Å². The van der Waals surface area contributed by atoms with E-state index >= 15 is 0 Å². The number of carbonyl (C=O) groups excluding carboxylic acids is 1. The summed E-state index contributed by atoms with van der Waals surface area (Å²) in [6.07, 6.45) is 0. The predicted octanol–water partition coefficient (Wildman–Crippen LogP) is 5.24. The van der Waals surface area contributed by atoms with Crippen LogP contribution < -0.4 is 4.74 Å². The summed E-state index contributed by atoms with van der Waals surface area (Å²) in [6.45, 7) is 1.47. The molecule has 0 saturated carbocycles.